The van der Waals surface area contributed by atoms with Crippen molar-refractivity contribution in [3.63, 3.8) is 0 Å². The van der Waals surface area contributed by atoms with Gasteiger partial charge in [-0.2, -0.15) is 5.10 Å². The summed E-state index contributed by atoms with van der Waals surface area (Å²) in [6.07, 6.45) is 0. The van der Waals surface area contributed by atoms with Gasteiger partial charge < -0.3 is 5.32 Å². The first-order valence-corrected chi connectivity index (χ1v) is 11.4. The minimum Gasteiger partial charge on any atom is -0.305 e. The number of nitrogens with one attached hydrogen (secondary N) is 2. The van der Waals surface area contributed by atoms with Gasteiger partial charge in [-0.1, -0.05) is 54.1 Å². The van der Waals surface area contributed by atoms with Gasteiger partial charge >= 0.3 is 0 Å². The van der Waals surface area contributed by atoms with Crippen molar-refractivity contribution in [2.45, 2.75) is 5.92 Å². The fraction of sp³-hybridized carbons (Fsp3) is 0.300. The molecule has 3 rings (SSSR count). The Kier molecular flexibility index (Phi) is 7.41. The number of benzene rings is 2. The van der Waals surface area contributed by atoms with E-state index >= 15 is 0 Å². The Morgan fingerprint density at radius 2 is 1.93 bits per heavy atom. The van der Waals surface area contributed by atoms with E-state index in [0.717, 1.165) is 16.8 Å². The molecule has 2 N–H and O–H groups in total. The lowest BCUT2D eigenvalue weighted by molar-refractivity contribution is 0.454. The minimum absolute atomic E-state index is 0.00667. The largest absolute Gasteiger partial charge is 0.305 e. The van der Waals surface area contributed by atoms with Gasteiger partial charge in [-0.05, 0) is 30.3 Å². The average Bonchev–Trinajstić information content (AvgIpc) is 3.17. The third-order valence-electron chi connectivity index (χ3n) is 4.43. The highest BCUT2D eigenvalue weighted by Gasteiger charge is 2.32. The van der Waals surface area contributed by atoms with Crippen molar-refractivity contribution in [1.29, 1.82) is 0 Å². The summed E-state index contributed by atoms with van der Waals surface area (Å²) in [5.41, 5.74) is 2.63. The zero-order valence-electron chi connectivity index (χ0n) is 16.4. The second kappa shape index (κ2) is 10.0. The number of alkyl halides is 1. The van der Waals surface area contributed by atoms with E-state index in [1.807, 2.05) is 42.5 Å². The lowest BCUT2D eigenvalue weighted by atomic mass is 9.91. The maximum Gasteiger partial charge on any atom is 0.248 e. The number of rotatable bonds is 7. The van der Waals surface area contributed by atoms with Gasteiger partial charge in [-0.3, -0.25) is 4.72 Å². The number of guanidine groups is 1. The van der Waals surface area contributed by atoms with Gasteiger partial charge in [0, 0.05) is 10.9 Å². The van der Waals surface area contributed by atoms with Crippen molar-refractivity contribution >= 4 is 33.3 Å². The Labute approximate surface area is 180 Å². The Hall–Kier alpha value is -2.49. The Morgan fingerprint density at radius 1 is 1.23 bits per heavy atom. The molecule has 0 bridgehead atoms. The maximum absolute atomic E-state index is 12.8. The second-order valence-electron chi connectivity index (χ2n) is 6.65. The summed E-state index contributed by atoms with van der Waals surface area (Å²) in [6, 6.07) is 17.1. The summed E-state index contributed by atoms with van der Waals surface area (Å²) in [5, 5.41) is 9.32. The van der Waals surface area contributed by atoms with Crippen LogP contribution in [0.25, 0.3) is 0 Å². The van der Waals surface area contributed by atoms with E-state index in [-0.39, 0.29) is 24.3 Å². The molecule has 1 atom stereocenters. The molecule has 0 aliphatic carbocycles. The molecule has 0 amide bonds. The first-order valence-electron chi connectivity index (χ1n) is 9.36. The smallest absolute Gasteiger partial charge is 0.248 e. The topological polar surface area (TPSA) is 86.2 Å². The molecule has 2 aromatic carbocycles. The molecule has 2 aromatic rings. The van der Waals surface area contributed by atoms with Crippen LogP contribution in [0.2, 0.25) is 5.02 Å². The summed E-state index contributed by atoms with van der Waals surface area (Å²) < 4.78 is 39.7. The number of hydrogen-bond donors (Lipinski definition) is 2. The molecule has 160 valence electrons. The van der Waals surface area contributed by atoms with Crippen LogP contribution in [0.3, 0.4) is 0 Å². The van der Waals surface area contributed by atoms with E-state index in [1.54, 1.807) is 12.1 Å². The number of hydrazone groups is 1. The van der Waals surface area contributed by atoms with Gasteiger partial charge in [0.2, 0.25) is 16.0 Å². The molecular weight excluding hydrogens is 429 g/mol. The molecule has 0 fully saturated rings. The Morgan fingerprint density at radius 3 is 2.57 bits per heavy atom. The van der Waals surface area contributed by atoms with Gasteiger partial charge in [-0.25, -0.2) is 22.8 Å². The van der Waals surface area contributed by atoms with Crippen molar-refractivity contribution in [3.05, 3.63) is 70.7 Å². The first-order chi connectivity index (χ1) is 14.4. The highest BCUT2D eigenvalue weighted by atomic mass is 35.5. The van der Waals surface area contributed by atoms with Crippen LogP contribution in [-0.4, -0.2) is 57.8 Å². The Balaban J connectivity index is 1.99. The molecule has 0 radical (unpaired) electrons. The van der Waals surface area contributed by atoms with Gasteiger partial charge in [0.15, 0.2) is 0 Å². The van der Waals surface area contributed by atoms with E-state index < -0.39 is 16.7 Å². The molecule has 0 saturated heterocycles. The van der Waals surface area contributed by atoms with Crippen molar-refractivity contribution in [2.75, 3.05) is 32.7 Å². The van der Waals surface area contributed by atoms with Gasteiger partial charge in [0.05, 0.1) is 18.8 Å². The van der Waals surface area contributed by atoms with E-state index in [1.165, 1.54) is 12.1 Å². The third-order valence-corrected chi connectivity index (χ3v) is 5.84. The summed E-state index contributed by atoms with van der Waals surface area (Å²) in [5.74, 6) is -0.435. The molecule has 7 nitrogen and oxygen atoms in total. The minimum atomic E-state index is -3.71. The van der Waals surface area contributed by atoms with Crippen LogP contribution in [-0.2, 0) is 10.0 Å². The van der Waals surface area contributed by atoms with E-state index in [2.05, 4.69) is 20.1 Å². The van der Waals surface area contributed by atoms with Crippen LogP contribution in [0.15, 0.2) is 64.7 Å². The molecule has 0 aromatic heterocycles. The SMILES string of the molecule is CNCS(=O)(=O)NC(=NCCF)N1CC(c2ccccc2)C(c2ccc(Cl)cc2)=N1. The number of aliphatic imine (C=N–C) groups is 1. The van der Waals surface area contributed by atoms with E-state index in [0.29, 0.717) is 11.6 Å². The second-order valence-corrected chi connectivity index (χ2v) is 8.81. The van der Waals surface area contributed by atoms with E-state index in [9.17, 15) is 12.8 Å². The van der Waals surface area contributed by atoms with Crippen LogP contribution in [0, 0.1) is 0 Å². The lowest BCUT2D eigenvalue weighted by Gasteiger charge is -2.19. The zero-order chi connectivity index (χ0) is 21.6. The normalized spacial score (nSPS) is 17.2. The quantitative estimate of drug-likeness (QED) is 0.500. The standard InChI is InChI=1S/C20H23ClFN5O2S/c1-23-14-30(28,29)26-20(24-12-11-22)27-13-18(15-5-3-2-4-6-15)19(25-27)16-7-9-17(21)10-8-16/h2-10,18,23H,11-14H2,1H3,(H,24,26). The van der Waals surface area contributed by atoms with Gasteiger partial charge in [0.25, 0.3) is 0 Å². The first kappa shape index (κ1) is 22.2. The van der Waals surface area contributed by atoms with Crippen LogP contribution >= 0.6 is 11.6 Å². The summed E-state index contributed by atoms with van der Waals surface area (Å²) >= 11 is 6.02. The van der Waals surface area contributed by atoms with Crippen molar-refractivity contribution in [2.24, 2.45) is 10.1 Å². The van der Waals surface area contributed by atoms with Crippen molar-refractivity contribution in [3.8, 4) is 0 Å². The van der Waals surface area contributed by atoms with Gasteiger partial charge in [0.1, 0.15) is 12.6 Å². The summed E-state index contributed by atoms with van der Waals surface area (Å²) in [4.78, 5) is 4.08. The molecule has 1 aliphatic rings. The van der Waals surface area contributed by atoms with E-state index in [4.69, 9.17) is 11.6 Å². The number of sulfonamides is 1. The molecular formula is C20H23ClFN5O2S. The number of nitrogens with zero attached hydrogens (tertiary/aromatic N) is 3. The molecule has 30 heavy (non-hydrogen) atoms. The fourth-order valence-electron chi connectivity index (χ4n) is 3.14. The molecule has 1 aliphatic heterocycles. The van der Waals surface area contributed by atoms with Crippen molar-refractivity contribution in [1.82, 2.24) is 15.0 Å². The highest BCUT2D eigenvalue weighted by Crippen LogP contribution is 2.29. The fourth-order valence-corrected chi connectivity index (χ4v) is 4.17. The predicted molar refractivity (Wildman–Crippen MR) is 118 cm³/mol. The number of halogens is 2. The third kappa shape index (κ3) is 5.56. The van der Waals surface area contributed by atoms with Crippen LogP contribution in [0.1, 0.15) is 17.0 Å². The molecule has 0 spiro atoms. The summed E-state index contributed by atoms with van der Waals surface area (Å²) in [6.45, 7) is -0.522. The van der Waals surface area contributed by atoms with Crippen LogP contribution in [0.4, 0.5) is 4.39 Å². The lowest BCUT2D eigenvalue weighted by Crippen LogP contribution is -2.44. The van der Waals surface area contributed by atoms with Crippen LogP contribution in [0.5, 0.6) is 0 Å². The van der Waals surface area contributed by atoms with Gasteiger partial charge in [-0.15, -0.1) is 0 Å². The Bertz CT molecular complexity index is 1010. The molecule has 0 saturated carbocycles. The predicted octanol–water partition coefficient (Wildman–Crippen LogP) is 2.57. The maximum atomic E-state index is 12.8. The number of hydrogen-bond acceptors (Lipinski definition) is 5. The molecule has 1 heterocycles. The molecule has 1 unspecified atom stereocenters. The summed E-state index contributed by atoms with van der Waals surface area (Å²) in [7, 11) is -2.19. The molecule has 10 heteroatoms. The highest BCUT2D eigenvalue weighted by molar-refractivity contribution is 7.90. The van der Waals surface area contributed by atoms with Crippen LogP contribution < -0.4 is 10.0 Å². The van der Waals surface area contributed by atoms with Crippen molar-refractivity contribution < 1.29 is 12.8 Å². The average molecular weight is 452 g/mol. The zero-order valence-corrected chi connectivity index (χ0v) is 18.0. The monoisotopic (exact) mass is 451 g/mol.